The average Bonchev–Trinajstić information content (AvgIpc) is 2.21. The summed E-state index contributed by atoms with van der Waals surface area (Å²) < 4.78 is 0. The van der Waals surface area contributed by atoms with Gasteiger partial charge in [-0.25, -0.2) is 0 Å². The van der Waals surface area contributed by atoms with Crippen LogP contribution in [0.1, 0.15) is 26.2 Å². The Morgan fingerprint density at radius 3 is 2.33 bits per heavy atom. The van der Waals surface area contributed by atoms with E-state index in [9.17, 15) is 0 Å². The number of unbranched alkanes of at least 4 members (excludes halogenated alkanes) is 2. The van der Waals surface area contributed by atoms with E-state index in [1.165, 1.54) is 12.8 Å². The second kappa shape index (κ2) is 5.98. The smallest absolute Gasteiger partial charge is 0.225 e. The summed E-state index contributed by atoms with van der Waals surface area (Å²) in [5.74, 6) is 0.426. The Labute approximate surface area is 99.2 Å². The minimum atomic E-state index is 0.188. The van der Waals surface area contributed by atoms with Gasteiger partial charge in [0.15, 0.2) is 10.3 Å². The molecule has 0 aliphatic rings. The number of aromatic nitrogens is 2. The molecule has 0 bridgehead atoms. The molecule has 1 aromatic rings. The lowest BCUT2D eigenvalue weighted by atomic mass is 10.2. The van der Waals surface area contributed by atoms with Crippen LogP contribution in [0.5, 0.6) is 0 Å². The molecule has 0 aromatic carbocycles. The van der Waals surface area contributed by atoms with Crippen LogP contribution in [0.25, 0.3) is 0 Å². The van der Waals surface area contributed by atoms with Crippen molar-refractivity contribution in [2.24, 2.45) is 0 Å². The molecule has 1 rings (SSSR count). The number of halogens is 2. The molecule has 0 spiro atoms. The highest BCUT2D eigenvalue weighted by Gasteiger charge is 2.07. The van der Waals surface area contributed by atoms with Crippen molar-refractivity contribution in [2.75, 3.05) is 17.6 Å². The summed E-state index contributed by atoms with van der Waals surface area (Å²) in [6, 6.07) is 0. The van der Waals surface area contributed by atoms with Gasteiger partial charge in [0.1, 0.15) is 5.69 Å². The Morgan fingerprint density at radius 1 is 1.20 bits per heavy atom. The third kappa shape index (κ3) is 3.72. The van der Waals surface area contributed by atoms with Gasteiger partial charge in [0.25, 0.3) is 0 Å². The van der Waals surface area contributed by atoms with E-state index in [0.29, 0.717) is 5.95 Å². The van der Waals surface area contributed by atoms with Gasteiger partial charge < -0.3 is 11.1 Å². The highest BCUT2D eigenvalue weighted by molar-refractivity contribution is 6.37. The minimum absolute atomic E-state index is 0.188. The zero-order valence-corrected chi connectivity index (χ0v) is 10.1. The van der Waals surface area contributed by atoms with Gasteiger partial charge in [-0.05, 0) is 6.42 Å². The van der Waals surface area contributed by atoms with Crippen molar-refractivity contribution in [3.63, 3.8) is 0 Å². The lowest BCUT2D eigenvalue weighted by Crippen LogP contribution is -2.06. The number of nitrogens with two attached hydrogens (primary N) is 1. The summed E-state index contributed by atoms with van der Waals surface area (Å²) in [7, 11) is 0. The number of nitrogens with one attached hydrogen (secondary N) is 1. The lowest BCUT2D eigenvalue weighted by molar-refractivity contribution is 0.740. The topological polar surface area (TPSA) is 63.8 Å². The van der Waals surface area contributed by atoms with Crippen LogP contribution in [0.3, 0.4) is 0 Å². The summed E-state index contributed by atoms with van der Waals surface area (Å²) >= 11 is 11.5. The van der Waals surface area contributed by atoms with E-state index in [1.807, 2.05) is 0 Å². The van der Waals surface area contributed by atoms with Crippen molar-refractivity contribution in [1.29, 1.82) is 0 Å². The fourth-order valence-corrected chi connectivity index (χ4v) is 1.46. The molecule has 0 saturated heterocycles. The van der Waals surface area contributed by atoms with Crippen LogP contribution in [0.2, 0.25) is 10.3 Å². The molecular weight excluding hydrogens is 235 g/mol. The Morgan fingerprint density at radius 2 is 1.80 bits per heavy atom. The largest absolute Gasteiger partial charge is 0.394 e. The predicted molar refractivity (Wildman–Crippen MR) is 64.5 cm³/mol. The summed E-state index contributed by atoms with van der Waals surface area (Å²) in [6.07, 6.45) is 3.41. The summed E-state index contributed by atoms with van der Waals surface area (Å²) in [5.41, 5.74) is 5.73. The second-order valence-corrected chi connectivity index (χ2v) is 3.89. The highest BCUT2D eigenvalue weighted by atomic mass is 35.5. The van der Waals surface area contributed by atoms with Crippen LogP contribution in [-0.4, -0.2) is 16.5 Å². The first kappa shape index (κ1) is 12.3. The highest BCUT2D eigenvalue weighted by Crippen LogP contribution is 2.24. The van der Waals surface area contributed by atoms with Crippen molar-refractivity contribution in [3.05, 3.63) is 10.3 Å². The molecule has 1 heterocycles. The Bertz CT molecular complexity index is 307. The molecule has 0 amide bonds. The minimum Gasteiger partial charge on any atom is -0.394 e. The second-order valence-electron chi connectivity index (χ2n) is 3.18. The Balaban J connectivity index is 2.55. The maximum Gasteiger partial charge on any atom is 0.225 e. The number of anilines is 2. The molecule has 1 aromatic heterocycles. The van der Waals surface area contributed by atoms with Gasteiger partial charge in [0.05, 0.1) is 0 Å². The quantitative estimate of drug-likeness (QED) is 0.622. The van der Waals surface area contributed by atoms with Crippen LogP contribution >= 0.6 is 23.2 Å². The van der Waals surface area contributed by atoms with Gasteiger partial charge in [-0.2, -0.15) is 9.97 Å². The van der Waals surface area contributed by atoms with Crippen molar-refractivity contribution in [1.82, 2.24) is 9.97 Å². The number of nitrogen functional groups attached to an aromatic ring is 1. The first-order valence-corrected chi connectivity index (χ1v) is 5.63. The first-order chi connectivity index (χ1) is 7.15. The fraction of sp³-hybridized carbons (Fsp3) is 0.556. The number of hydrogen-bond donors (Lipinski definition) is 2. The SMILES string of the molecule is CCCCCNc1nc(Cl)c(N)c(Cl)n1. The molecule has 6 heteroatoms. The number of hydrogen-bond acceptors (Lipinski definition) is 4. The third-order valence-electron chi connectivity index (χ3n) is 1.92. The monoisotopic (exact) mass is 248 g/mol. The molecule has 0 radical (unpaired) electrons. The number of nitrogens with zero attached hydrogens (tertiary/aromatic N) is 2. The summed E-state index contributed by atoms with van der Waals surface area (Å²) in [5, 5.41) is 3.42. The van der Waals surface area contributed by atoms with Crippen LogP contribution in [0.4, 0.5) is 11.6 Å². The first-order valence-electron chi connectivity index (χ1n) is 4.87. The zero-order valence-electron chi connectivity index (χ0n) is 8.56. The average molecular weight is 249 g/mol. The molecule has 84 valence electrons. The predicted octanol–water partition coefficient (Wildman–Crippen LogP) is 2.97. The molecule has 0 unspecified atom stereocenters. The molecule has 4 nitrogen and oxygen atoms in total. The van der Waals surface area contributed by atoms with E-state index in [-0.39, 0.29) is 16.0 Å². The van der Waals surface area contributed by atoms with Crippen LogP contribution in [0, 0.1) is 0 Å². The van der Waals surface area contributed by atoms with Crippen LogP contribution < -0.4 is 11.1 Å². The van der Waals surface area contributed by atoms with E-state index >= 15 is 0 Å². The van der Waals surface area contributed by atoms with Crippen molar-refractivity contribution >= 4 is 34.8 Å². The molecular formula is C9H14Cl2N4. The van der Waals surface area contributed by atoms with Crippen LogP contribution in [0.15, 0.2) is 0 Å². The van der Waals surface area contributed by atoms with Gasteiger partial charge in [-0.1, -0.05) is 43.0 Å². The Kier molecular flexibility index (Phi) is 4.91. The van der Waals surface area contributed by atoms with Crippen molar-refractivity contribution in [2.45, 2.75) is 26.2 Å². The molecule has 0 aliphatic carbocycles. The van der Waals surface area contributed by atoms with Gasteiger partial charge in [0, 0.05) is 6.54 Å². The van der Waals surface area contributed by atoms with E-state index in [1.54, 1.807) is 0 Å². The fourth-order valence-electron chi connectivity index (χ4n) is 1.07. The normalized spacial score (nSPS) is 10.3. The lowest BCUT2D eigenvalue weighted by Gasteiger charge is -2.06. The Hall–Kier alpha value is -0.740. The van der Waals surface area contributed by atoms with E-state index in [2.05, 4.69) is 22.2 Å². The van der Waals surface area contributed by atoms with Crippen molar-refractivity contribution in [3.8, 4) is 0 Å². The maximum atomic E-state index is 5.76. The molecule has 0 aliphatic heterocycles. The van der Waals surface area contributed by atoms with Crippen molar-refractivity contribution < 1.29 is 0 Å². The molecule has 0 saturated carbocycles. The summed E-state index contributed by atoms with van der Waals surface area (Å²) in [4.78, 5) is 7.93. The van der Waals surface area contributed by atoms with E-state index in [0.717, 1.165) is 13.0 Å². The molecule has 3 N–H and O–H groups in total. The standard InChI is InChI=1S/C9H14Cl2N4/c1-2-3-4-5-13-9-14-7(10)6(12)8(11)15-9/h2-5,12H2,1H3,(H,13,14,15). The molecule has 0 atom stereocenters. The third-order valence-corrected chi connectivity index (χ3v) is 2.49. The van der Waals surface area contributed by atoms with Gasteiger partial charge >= 0.3 is 0 Å². The van der Waals surface area contributed by atoms with E-state index in [4.69, 9.17) is 28.9 Å². The molecule has 15 heavy (non-hydrogen) atoms. The van der Waals surface area contributed by atoms with Crippen LogP contribution in [-0.2, 0) is 0 Å². The van der Waals surface area contributed by atoms with Gasteiger partial charge in [0.2, 0.25) is 5.95 Å². The van der Waals surface area contributed by atoms with E-state index < -0.39 is 0 Å². The molecule has 0 fully saturated rings. The zero-order chi connectivity index (χ0) is 11.3. The number of rotatable bonds is 5. The summed E-state index contributed by atoms with van der Waals surface area (Å²) in [6.45, 7) is 2.96. The van der Waals surface area contributed by atoms with Gasteiger partial charge in [-0.3, -0.25) is 0 Å². The maximum absolute atomic E-state index is 5.76. The van der Waals surface area contributed by atoms with Gasteiger partial charge in [-0.15, -0.1) is 0 Å².